The van der Waals surface area contributed by atoms with Crippen LogP contribution in [0.2, 0.25) is 0 Å². The van der Waals surface area contributed by atoms with Gasteiger partial charge in [-0.2, -0.15) is 0 Å². The van der Waals surface area contributed by atoms with Crippen LogP contribution in [0.1, 0.15) is 90.4 Å². The number of thiazole rings is 1. The van der Waals surface area contributed by atoms with Crippen LogP contribution in [0.25, 0.3) is 21.5 Å². The predicted octanol–water partition coefficient (Wildman–Crippen LogP) is 7.26. The van der Waals surface area contributed by atoms with Gasteiger partial charge >= 0.3 is 5.97 Å². The summed E-state index contributed by atoms with van der Waals surface area (Å²) in [5, 5.41) is 14.7. The zero-order valence-corrected chi connectivity index (χ0v) is 22.8. The van der Waals surface area contributed by atoms with Gasteiger partial charge in [0.1, 0.15) is 17.0 Å². The number of halogens is 1. The smallest absolute Gasteiger partial charge is 0.335 e. The molecule has 0 amide bonds. The van der Waals surface area contributed by atoms with E-state index in [9.17, 15) is 14.3 Å². The standard InChI is InChI=1S/C31H30FN3O4S/c32-25-11-18(30(36)37)12-26-28(25)33-31(40-26)35-19-9-10-20(35)14-21(13-19)38-15-24-27(34-39-29(24)17-7-8-17)23-4-2-1-3-22(23)16-5-6-16/h1-4,11-12,16-17,19-21H,5-10,13-15H2,(H,36,37)/t19-,20+,21+. The summed E-state index contributed by atoms with van der Waals surface area (Å²) in [7, 11) is 0. The Labute approximate surface area is 234 Å². The summed E-state index contributed by atoms with van der Waals surface area (Å²) in [6.45, 7) is 0.498. The van der Waals surface area contributed by atoms with Crippen molar-refractivity contribution >= 4 is 32.7 Å². The Kier molecular flexibility index (Phi) is 5.74. The summed E-state index contributed by atoms with van der Waals surface area (Å²) in [6, 6.07) is 11.7. The van der Waals surface area contributed by atoms with Gasteiger partial charge in [-0.3, -0.25) is 0 Å². The van der Waals surface area contributed by atoms with Crippen LogP contribution < -0.4 is 4.90 Å². The number of anilines is 1. The molecule has 0 spiro atoms. The Morgan fingerprint density at radius 3 is 2.55 bits per heavy atom. The van der Waals surface area contributed by atoms with E-state index >= 15 is 0 Å². The first-order chi connectivity index (χ1) is 19.5. The molecule has 2 aliphatic carbocycles. The minimum absolute atomic E-state index is 0.0475. The van der Waals surface area contributed by atoms with E-state index < -0.39 is 11.8 Å². The highest BCUT2D eigenvalue weighted by Crippen LogP contribution is 2.49. The summed E-state index contributed by atoms with van der Waals surface area (Å²) < 4.78 is 27.8. The number of rotatable bonds is 8. The molecule has 2 aromatic heterocycles. The van der Waals surface area contributed by atoms with Gasteiger partial charge in [-0.25, -0.2) is 14.2 Å². The summed E-state index contributed by atoms with van der Waals surface area (Å²) >= 11 is 1.38. The fourth-order valence-electron chi connectivity index (χ4n) is 6.79. The molecule has 3 atom stereocenters. The first kappa shape index (κ1) is 24.5. The van der Waals surface area contributed by atoms with Gasteiger partial charge in [-0.15, -0.1) is 0 Å². The van der Waals surface area contributed by atoms with Crippen molar-refractivity contribution in [2.45, 2.75) is 88.0 Å². The lowest BCUT2D eigenvalue weighted by atomic mass is 9.97. The van der Waals surface area contributed by atoms with Crippen LogP contribution in [0.4, 0.5) is 9.52 Å². The van der Waals surface area contributed by atoms with Crippen molar-refractivity contribution in [2.24, 2.45) is 0 Å². The number of nitrogens with zero attached hydrogens (tertiary/aromatic N) is 3. The molecule has 4 heterocycles. The normalized spacial score (nSPS) is 24.2. The van der Waals surface area contributed by atoms with Crippen LogP contribution in [-0.2, 0) is 11.3 Å². The minimum atomic E-state index is -1.13. The lowest BCUT2D eigenvalue weighted by Gasteiger charge is -2.38. The van der Waals surface area contributed by atoms with Crippen LogP contribution in [0.5, 0.6) is 0 Å². The number of carbonyl (C=O) groups is 1. The number of carboxylic acid groups (broad SMARTS) is 1. The quantitative estimate of drug-likeness (QED) is 0.243. The molecule has 0 radical (unpaired) electrons. The number of aromatic nitrogens is 2. The maximum Gasteiger partial charge on any atom is 0.335 e. The number of hydrogen-bond donors (Lipinski definition) is 1. The fourth-order valence-corrected chi connectivity index (χ4v) is 7.95. The van der Waals surface area contributed by atoms with Crippen LogP contribution in [0.15, 0.2) is 40.9 Å². The van der Waals surface area contributed by atoms with Crippen molar-refractivity contribution in [3.05, 3.63) is 64.7 Å². The fraction of sp³-hybridized carbons (Fsp3) is 0.452. The molecule has 4 aromatic rings. The van der Waals surface area contributed by atoms with Gasteiger partial charge in [0.05, 0.1) is 23.0 Å². The number of aromatic carboxylic acids is 1. The van der Waals surface area contributed by atoms with Gasteiger partial charge < -0.3 is 19.3 Å². The summed E-state index contributed by atoms with van der Waals surface area (Å²) in [5.74, 6) is 0.357. The predicted molar refractivity (Wildman–Crippen MR) is 150 cm³/mol. The molecule has 2 aliphatic heterocycles. The average molecular weight is 560 g/mol. The highest BCUT2D eigenvalue weighted by molar-refractivity contribution is 7.22. The van der Waals surface area contributed by atoms with E-state index in [2.05, 4.69) is 39.3 Å². The van der Waals surface area contributed by atoms with Gasteiger partial charge in [-0.05, 0) is 75.0 Å². The molecule has 1 N–H and O–H groups in total. The molecule has 9 heteroatoms. The van der Waals surface area contributed by atoms with Crippen LogP contribution >= 0.6 is 11.3 Å². The molecule has 7 nitrogen and oxygen atoms in total. The first-order valence-corrected chi connectivity index (χ1v) is 15.2. The molecule has 2 saturated heterocycles. The summed E-state index contributed by atoms with van der Waals surface area (Å²) in [6.07, 6.45) is 8.73. The molecule has 4 fully saturated rings. The van der Waals surface area contributed by atoms with E-state index in [1.54, 1.807) is 0 Å². The van der Waals surface area contributed by atoms with Gasteiger partial charge in [0.15, 0.2) is 10.9 Å². The Morgan fingerprint density at radius 2 is 1.82 bits per heavy atom. The van der Waals surface area contributed by atoms with Gasteiger partial charge in [-0.1, -0.05) is 40.8 Å². The SMILES string of the molecule is O=C(O)c1cc(F)c2nc(N3[C@@H]4CC[C@H]3C[C@@H](OCc3c(-c5ccccc5C5CC5)noc3C3CC3)C4)sc2c1. The molecule has 0 unspecified atom stereocenters. The Morgan fingerprint density at radius 1 is 1.07 bits per heavy atom. The van der Waals surface area contributed by atoms with Crippen LogP contribution in [-0.4, -0.2) is 39.4 Å². The van der Waals surface area contributed by atoms with Crippen molar-refractivity contribution in [1.82, 2.24) is 10.1 Å². The Bertz CT molecular complexity index is 1610. The first-order valence-electron chi connectivity index (χ1n) is 14.3. The van der Waals surface area contributed by atoms with Crippen molar-refractivity contribution in [3.8, 4) is 11.3 Å². The van der Waals surface area contributed by atoms with Gasteiger partial charge in [0.2, 0.25) is 0 Å². The van der Waals surface area contributed by atoms with Crippen molar-refractivity contribution in [1.29, 1.82) is 0 Å². The number of piperidine rings is 1. The van der Waals surface area contributed by atoms with Gasteiger partial charge in [0, 0.05) is 29.1 Å². The molecular weight excluding hydrogens is 529 g/mol. The molecule has 8 rings (SSSR count). The maximum absolute atomic E-state index is 14.6. The molecule has 4 aliphatic rings. The Balaban J connectivity index is 1.02. The molecule has 40 heavy (non-hydrogen) atoms. The minimum Gasteiger partial charge on any atom is -0.478 e. The van der Waals surface area contributed by atoms with Gasteiger partial charge in [0.25, 0.3) is 0 Å². The molecule has 2 saturated carbocycles. The Hall–Kier alpha value is -3.30. The average Bonchev–Trinajstić information content (AvgIpc) is 3.87. The largest absolute Gasteiger partial charge is 0.478 e. The number of carboxylic acids is 1. The number of ether oxygens (including phenoxy) is 1. The van der Waals surface area contributed by atoms with E-state index in [0.29, 0.717) is 23.1 Å². The molecule has 2 aromatic carbocycles. The van der Waals surface area contributed by atoms with Crippen LogP contribution in [0, 0.1) is 5.82 Å². The third-order valence-corrected chi connectivity index (χ3v) is 10.1. The van der Waals surface area contributed by atoms with E-state index in [4.69, 9.17) is 9.26 Å². The lowest BCUT2D eigenvalue weighted by Crippen LogP contribution is -2.45. The highest BCUT2D eigenvalue weighted by atomic mass is 32.1. The van der Waals surface area contributed by atoms with Crippen molar-refractivity contribution in [3.63, 3.8) is 0 Å². The summed E-state index contributed by atoms with van der Waals surface area (Å²) in [4.78, 5) is 18.3. The van der Waals surface area contributed by atoms with Crippen LogP contribution in [0.3, 0.4) is 0 Å². The summed E-state index contributed by atoms with van der Waals surface area (Å²) in [5.41, 5.74) is 4.82. The topological polar surface area (TPSA) is 88.7 Å². The van der Waals surface area contributed by atoms with Crippen molar-refractivity contribution in [2.75, 3.05) is 4.90 Å². The molecule has 206 valence electrons. The second-order valence-corrected chi connectivity index (χ2v) is 12.8. The highest BCUT2D eigenvalue weighted by Gasteiger charge is 2.43. The monoisotopic (exact) mass is 559 g/mol. The number of fused-ring (bicyclic) bond motifs is 3. The maximum atomic E-state index is 14.6. The number of benzene rings is 2. The lowest BCUT2D eigenvalue weighted by molar-refractivity contribution is 0.0147. The number of hydrogen-bond acceptors (Lipinski definition) is 7. The van der Waals surface area contributed by atoms with Crippen molar-refractivity contribution < 1.29 is 23.6 Å². The van der Waals surface area contributed by atoms with E-state index in [1.807, 2.05) is 0 Å². The second kappa shape index (κ2) is 9.38. The van der Waals surface area contributed by atoms with E-state index in [1.165, 1.54) is 41.4 Å². The van der Waals surface area contributed by atoms with E-state index in [0.717, 1.165) is 66.7 Å². The third-order valence-electron chi connectivity index (χ3n) is 9.06. The molecular formula is C31H30FN3O4S. The molecule has 2 bridgehead atoms. The third kappa shape index (κ3) is 4.21. The second-order valence-electron chi connectivity index (χ2n) is 11.8. The zero-order chi connectivity index (χ0) is 27.0. The zero-order valence-electron chi connectivity index (χ0n) is 22.0. The van der Waals surface area contributed by atoms with E-state index in [-0.39, 0.29) is 29.3 Å².